The second-order valence-electron chi connectivity index (χ2n) is 4.45. The highest BCUT2D eigenvalue weighted by molar-refractivity contribution is 5.76. The van der Waals surface area contributed by atoms with Gasteiger partial charge in [-0.2, -0.15) is 0 Å². The third-order valence-electron chi connectivity index (χ3n) is 3.05. The van der Waals surface area contributed by atoms with Crippen LogP contribution < -0.4 is 0 Å². The van der Waals surface area contributed by atoms with Gasteiger partial charge in [-0.3, -0.25) is 0 Å². The molecule has 0 aromatic rings. The minimum atomic E-state index is -1.98. The second-order valence-corrected chi connectivity index (χ2v) is 4.45. The molecule has 0 amide bonds. The lowest BCUT2D eigenvalue weighted by atomic mass is 9.85. The molecule has 1 aliphatic heterocycles. The maximum Gasteiger partial charge on any atom is 0.343 e. The van der Waals surface area contributed by atoms with Gasteiger partial charge in [-0.05, 0) is 13.3 Å². The van der Waals surface area contributed by atoms with E-state index in [4.69, 9.17) is 4.74 Å². The molecule has 0 radical (unpaired) electrons. The number of aliphatic hydroxyl groups is 1. The topological polar surface area (TPSA) is 55.8 Å². The van der Waals surface area contributed by atoms with Gasteiger partial charge < -0.3 is 14.6 Å². The first kappa shape index (κ1) is 14.4. The van der Waals surface area contributed by atoms with E-state index in [1.54, 1.807) is 6.92 Å². The van der Waals surface area contributed by atoms with Gasteiger partial charge in [0.05, 0.1) is 12.7 Å². The Morgan fingerprint density at radius 2 is 2.35 bits per heavy atom. The maximum absolute atomic E-state index is 13.9. The average Bonchev–Trinajstić information content (AvgIpc) is 2.29. The maximum atomic E-state index is 13.9. The van der Waals surface area contributed by atoms with E-state index in [0.717, 1.165) is 12.8 Å². The molecule has 1 fully saturated rings. The Balaban J connectivity index is 2.62. The van der Waals surface area contributed by atoms with Crippen molar-refractivity contribution >= 4 is 5.97 Å². The monoisotopic (exact) mass is 248 g/mol. The highest BCUT2D eigenvalue weighted by atomic mass is 19.1. The van der Waals surface area contributed by atoms with Crippen molar-refractivity contribution in [1.29, 1.82) is 0 Å². The van der Waals surface area contributed by atoms with Crippen LogP contribution in [-0.2, 0) is 14.3 Å². The van der Waals surface area contributed by atoms with Crippen LogP contribution in [0.25, 0.3) is 0 Å². The summed E-state index contributed by atoms with van der Waals surface area (Å²) in [6.07, 6.45) is -0.208. The largest absolute Gasteiger partial charge is 0.464 e. The van der Waals surface area contributed by atoms with E-state index in [1.165, 1.54) is 0 Å². The van der Waals surface area contributed by atoms with E-state index in [1.807, 2.05) is 6.92 Å². The van der Waals surface area contributed by atoms with Crippen molar-refractivity contribution in [2.24, 2.45) is 0 Å². The van der Waals surface area contributed by atoms with E-state index in [2.05, 4.69) is 4.74 Å². The Labute approximate surface area is 101 Å². The van der Waals surface area contributed by atoms with Crippen molar-refractivity contribution in [3.05, 3.63) is 0 Å². The quantitative estimate of drug-likeness (QED) is 0.751. The highest BCUT2D eigenvalue weighted by Crippen LogP contribution is 2.32. The first-order valence-corrected chi connectivity index (χ1v) is 6.18. The molecule has 4 nitrogen and oxygen atoms in total. The van der Waals surface area contributed by atoms with Crippen molar-refractivity contribution in [3.8, 4) is 0 Å². The first-order chi connectivity index (χ1) is 8.03. The molecule has 1 aliphatic rings. The van der Waals surface area contributed by atoms with E-state index < -0.39 is 17.7 Å². The molecule has 0 bridgehead atoms. The summed E-state index contributed by atoms with van der Waals surface area (Å²) in [5.41, 5.74) is -1.63. The molecule has 0 spiro atoms. The zero-order valence-electron chi connectivity index (χ0n) is 10.4. The van der Waals surface area contributed by atoms with Gasteiger partial charge in [0, 0.05) is 19.4 Å². The fraction of sp³-hybridized carbons (Fsp3) is 0.917. The number of alkyl halides is 1. The Kier molecular flexibility index (Phi) is 5.33. The van der Waals surface area contributed by atoms with Gasteiger partial charge in [-0.15, -0.1) is 0 Å². The van der Waals surface area contributed by atoms with Gasteiger partial charge in [-0.25, -0.2) is 9.18 Å². The van der Waals surface area contributed by atoms with E-state index in [0.29, 0.717) is 0 Å². The van der Waals surface area contributed by atoms with Gasteiger partial charge in [0.25, 0.3) is 0 Å². The van der Waals surface area contributed by atoms with Gasteiger partial charge >= 0.3 is 5.97 Å². The summed E-state index contributed by atoms with van der Waals surface area (Å²) in [6, 6.07) is 0. The van der Waals surface area contributed by atoms with Crippen LogP contribution in [0.1, 0.15) is 39.5 Å². The minimum absolute atomic E-state index is 0.115. The standard InChI is InChI=1S/C12H21FO4/c1-3-5-9-8-12(15,6-7-17-9)10(13)11(14)16-4-2/h9-10,15H,3-8H2,1-2H3. The summed E-state index contributed by atoms with van der Waals surface area (Å²) < 4.78 is 23.9. The molecule has 0 aliphatic carbocycles. The Hall–Kier alpha value is -0.680. The Morgan fingerprint density at radius 3 is 2.94 bits per heavy atom. The van der Waals surface area contributed by atoms with Crippen LogP contribution in [0.2, 0.25) is 0 Å². The molecule has 3 atom stereocenters. The molecule has 100 valence electrons. The Bertz CT molecular complexity index is 257. The number of carbonyl (C=O) groups excluding carboxylic acids is 1. The molecule has 1 heterocycles. The lowest BCUT2D eigenvalue weighted by molar-refractivity contribution is -0.175. The molecule has 0 aromatic carbocycles. The van der Waals surface area contributed by atoms with Gasteiger partial charge in [0.2, 0.25) is 6.17 Å². The number of hydrogen-bond donors (Lipinski definition) is 1. The molecule has 3 unspecified atom stereocenters. The van der Waals surface area contributed by atoms with E-state index in [9.17, 15) is 14.3 Å². The van der Waals surface area contributed by atoms with Crippen molar-refractivity contribution in [2.75, 3.05) is 13.2 Å². The van der Waals surface area contributed by atoms with Gasteiger partial charge in [0.15, 0.2) is 0 Å². The van der Waals surface area contributed by atoms with Crippen LogP contribution in [0.4, 0.5) is 4.39 Å². The SMILES string of the molecule is CCCC1CC(O)(C(F)C(=O)OCC)CCO1. The predicted octanol–water partition coefficient (Wildman–Crippen LogP) is 1.60. The molecule has 0 saturated carbocycles. The van der Waals surface area contributed by atoms with Crippen molar-refractivity contribution in [3.63, 3.8) is 0 Å². The smallest absolute Gasteiger partial charge is 0.343 e. The van der Waals surface area contributed by atoms with Crippen LogP contribution in [0.3, 0.4) is 0 Å². The fourth-order valence-corrected chi connectivity index (χ4v) is 2.13. The molecular weight excluding hydrogens is 227 g/mol. The summed E-state index contributed by atoms with van der Waals surface area (Å²) in [5.74, 6) is -0.979. The number of ether oxygens (including phenoxy) is 2. The number of halogens is 1. The molecule has 1 N–H and O–H groups in total. The van der Waals surface area contributed by atoms with E-state index >= 15 is 0 Å². The summed E-state index contributed by atoms with van der Waals surface area (Å²) in [6.45, 7) is 4.00. The molecular formula is C12H21FO4. The third kappa shape index (κ3) is 3.64. The lowest BCUT2D eigenvalue weighted by Gasteiger charge is -2.37. The number of esters is 1. The second kappa shape index (κ2) is 6.31. The fourth-order valence-electron chi connectivity index (χ4n) is 2.13. The zero-order valence-corrected chi connectivity index (χ0v) is 10.4. The molecule has 0 aromatic heterocycles. The Morgan fingerprint density at radius 1 is 1.65 bits per heavy atom. The number of hydrogen-bond acceptors (Lipinski definition) is 4. The van der Waals surface area contributed by atoms with Crippen molar-refractivity contribution < 1.29 is 23.8 Å². The van der Waals surface area contributed by atoms with Crippen LogP contribution >= 0.6 is 0 Å². The van der Waals surface area contributed by atoms with E-state index in [-0.39, 0.29) is 32.2 Å². The minimum Gasteiger partial charge on any atom is -0.464 e. The summed E-state index contributed by atoms with van der Waals surface area (Å²) in [7, 11) is 0. The van der Waals surface area contributed by atoms with Gasteiger partial charge in [0.1, 0.15) is 5.60 Å². The predicted molar refractivity (Wildman–Crippen MR) is 60.4 cm³/mol. The third-order valence-corrected chi connectivity index (χ3v) is 3.05. The van der Waals surface area contributed by atoms with Crippen LogP contribution in [0, 0.1) is 0 Å². The van der Waals surface area contributed by atoms with Crippen LogP contribution in [0.15, 0.2) is 0 Å². The summed E-state index contributed by atoms with van der Waals surface area (Å²) in [5, 5.41) is 10.2. The lowest BCUT2D eigenvalue weighted by Crippen LogP contribution is -2.51. The van der Waals surface area contributed by atoms with Crippen LogP contribution in [0.5, 0.6) is 0 Å². The average molecular weight is 248 g/mol. The summed E-state index contributed by atoms with van der Waals surface area (Å²) >= 11 is 0. The molecule has 17 heavy (non-hydrogen) atoms. The zero-order chi connectivity index (χ0) is 12.9. The molecule has 1 saturated heterocycles. The number of carbonyl (C=O) groups is 1. The van der Waals surface area contributed by atoms with Crippen LogP contribution in [-0.4, -0.2) is 42.2 Å². The van der Waals surface area contributed by atoms with Crippen molar-refractivity contribution in [1.82, 2.24) is 0 Å². The van der Waals surface area contributed by atoms with Crippen molar-refractivity contribution in [2.45, 2.75) is 57.4 Å². The molecule has 1 rings (SSSR count). The number of rotatable bonds is 5. The molecule has 5 heteroatoms. The first-order valence-electron chi connectivity index (χ1n) is 6.18. The normalized spacial score (nSPS) is 30.9. The summed E-state index contributed by atoms with van der Waals surface area (Å²) in [4.78, 5) is 11.3. The van der Waals surface area contributed by atoms with Gasteiger partial charge in [-0.1, -0.05) is 13.3 Å². The highest BCUT2D eigenvalue weighted by Gasteiger charge is 2.46.